The lowest BCUT2D eigenvalue weighted by atomic mass is 9.78. The molecule has 182 valence electrons. The maximum Gasteiger partial charge on any atom is 0.332 e. The number of carbonyl (C=O) groups is 2. The predicted molar refractivity (Wildman–Crippen MR) is 135 cm³/mol. The van der Waals surface area contributed by atoms with Gasteiger partial charge in [-0.1, -0.05) is 49.4 Å². The van der Waals surface area contributed by atoms with Gasteiger partial charge in [0.2, 0.25) is 0 Å². The number of aryl methyl sites for hydroxylation is 1. The Labute approximate surface area is 207 Å². The first-order valence-corrected chi connectivity index (χ1v) is 12.0. The number of benzene rings is 3. The summed E-state index contributed by atoms with van der Waals surface area (Å²) in [4.78, 5) is 34.1. The fourth-order valence-corrected chi connectivity index (χ4v) is 5.66. The minimum atomic E-state index is -1.21. The molecule has 1 aromatic heterocycles. The SMILES string of the molecule is CCc1ccc(C2CN3C(=O)N(c4ccc([NH+]([O-])O)cc4)C(=O)C3(C)c3[nH]c4ccccc4c32)cc1. The molecule has 0 spiro atoms. The van der Waals surface area contributed by atoms with E-state index in [9.17, 15) is 20.0 Å². The fourth-order valence-electron chi connectivity index (χ4n) is 5.66. The Morgan fingerprint density at radius 1 is 1.06 bits per heavy atom. The topological polar surface area (TPSA) is 104 Å². The fraction of sp³-hybridized carbons (Fsp3) is 0.214. The van der Waals surface area contributed by atoms with Crippen LogP contribution in [0.4, 0.5) is 16.2 Å². The number of hydrogen-bond donors (Lipinski definition) is 3. The quantitative estimate of drug-likeness (QED) is 0.303. The first-order chi connectivity index (χ1) is 17.3. The van der Waals surface area contributed by atoms with Crippen LogP contribution in [0.1, 0.15) is 42.1 Å². The summed E-state index contributed by atoms with van der Waals surface area (Å²) in [6, 6.07) is 21.9. The molecule has 1 fully saturated rings. The first kappa shape index (κ1) is 22.5. The monoisotopic (exact) mass is 482 g/mol. The van der Waals surface area contributed by atoms with E-state index in [4.69, 9.17) is 0 Å². The van der Waals surface area contributed by atoms with Crippen LogP contribution in [-0.2, 0) is 16.8 Å². The number of imide groups is 1. The van der Waals surface area contributed by atoms with Crippen molar-refractivity contribution in [2.24, 2.45) is 0 Å². The first-order valence-electron chi connectivity index (χ1n) is 12.0. The normalized spacial score (nSPS) is 22.2. The summed E-state index contributed by atoms with van der Waals surface area (Å²) in [5.74, 6) is -0.468. The number of carbonyl (C=O) groups excluding carboxylic acids is 2. The van der Waals surface area contributed by atoms with Crippen molar-refractivity contribution in [3.63, 3.8) is 0 Å². The summed E-state index contributed by atoms with van der Waals surface area (Å²) < 4.78 is 0. The molecule has 2 aliphatic rings. The molecule has 0 bridgehead atoms. The van der Waals surface area contributed by atoms with Crippen LogP contribution in [0.2, 0.25) is 0 Å². The Morgan fingerprint density at radius 2 is 1.75 bits per heavy atom. The van der Waals surface area contributed by atoms with Gasteiger partial charge in [0.15, 0.2) is 11.2 Å². The van der Waals surface area contributed by atoms with Gasteiger partial charge in [-0.05, 0) is 48.2 Å². The average molecular weight is 483 g/mol. The number of para-hydroxylation sites is 1. The van der Waals surface area contributed by atoms with Crippen molar-refractivity contribution in [1.82, 2.24) is 9.88 Å². The van der Waals surface area contributed by atoms with E-state index >= 15 is 0 Å². The van der Waals surface area contributed by atoms with E-state index < -0.39 is 16.8 Å². The molecule has 3 aromatic carbocycles. The molecular weight excluding hydrogens is 456 g/mol. The second-order valence-electron chi connectivity index (χ2n) is 9.56. The molecule has 3 N–H and O–H groups in total. The third kappa shape index (κ3) is 3.05. The molecule has 6 rings (SSSR count). The minimum absolute atomic E-state index is 0.0928. The standard InChI is InChI=1S/C28H26N4O4/c1-3-17-8-10-18(11-9-17)22-16-30-27(34)31(19-12-14-20(15-13-19)32(35)36)26(33)28(30,2)25-24(22)21-6-4-5-7-23(21)29-25/h4-15,22,29,32,35H,3,16H2,1-2H3. The van der Waals surface area contributed by atoms with E-state index in [0.29, 0.717) is 12.2 Å². The summed E-state index contributed by atoms with van der Waals surface area (Å²) in [6.07, 6.45) is 0.941. The van der Waals surface area contributed by atoms with Crippen LogP contribution in [0.5, 0.6) is 0 Å². The Kier molecular flexibility index (Phi) is 5.01. The highest BCUT2D eigenvalue weighted by Crippen LogP contribution is 2.50. The largest absolute Gasteiger partial charge is 0.595 e. The molecule has 8 nitrogen and oxygen atoms in total. The van der Waals surface area contributed by atoms with Gasteiger partial charge in [-0.2, -0.15) is 5.23 Å². The molecule has 0 radical (unpaired) electrons. The van der Waals surface area contributed by atoms with Crippen LogP contribution in [0.15, 0.2) is 72.8 Å². The summed E-state index contributed by atoms with van der Waals surface area (Å²) >= 11 is 0. The van der Waals surface area contributed by atoms with Crippen molar-refractivity contribution in [2.45, 2.75) is 31.7 Å². The zero-order valence-electron chi connectivity index (χ0n) is 20.0. The number of aromatic amines is 1. The number of nitrogens with one attached hydrogen (secondary N) is 2. The average Bonchev–Trinajstić information content (AvgIpc) is 3.38. The van der Waals surface area contributed by atoms with Crippen LogP contribution in [0.25, 0.3) is 10.9 Å². The molecule has 8 heteroatoms. The molecule has 1 saturated heterocycles. The Bertz CT molecular complexity index is 1490. The van der Waals surface area contributed by atoms with E-state index in [1.807, 2.05) is 18.2 Å². The lowest BCUT2D eigenvalue weighted by Crippen LogP contribution is -2.99. The van der Waals surface area contributed by atoms with Crippen LogP contribution >= 0.6 is 0 Å². The van der Waals surface area contributed by atoms with Gasteiger partial charge >= 0.3 is 6.03 Å². The maximum absolute atomic E-state index is 14.0. The van der Waals surface area contributed by atoms with E-state index in [0.717, 1.165) is 34.1 Å². The number of nitrogens with zero attached hydrogens (tertiary/aromatic N) is 2. The number of urea groups is 1. The third-order valence-corrected chi connectivity index (χ3v) is 7.69. The number of rotatable bonds is 4. The van der Waals surface area contributed by atoms with E-state index in [1.54, 1.807) is 11.8 Å². The lowest BCUT2D eigenvalue weighted by Gasteiger charge is -2.40. The second-order valence-corrected chi connectivity index (χ2v) is 9.56. The van der Waals surface area contributed by atoms with Gasteiger partial charge in [-0.15, -0.1) is 0 Å². The number of fused-ring (bicyclic) bond motifs is 5. The van der Waals surface area contributed by atoms with Gasteiger partial charge in [0.05, 0.1) is 11.4 Å². The van der Waals surface area contributed by atoms with E-state index in [1.165, 1.54) is 34.7 Å². The highest BCUT2D eigenvalue weighted by Gasteiger charge is 2.60. The molecule has 4 aromatic rings. The molecule has 3 heterocycles. The van der Waals surface area contributed by atoms with Gasteiger partial charge in [0.25, 0.3) is 5.91 Å². The lowest BCUT2D eigenvalue weighted by molar-refractivity contribution is -0.991. The van der Waals surface area contributed by atoms with Crippen molar-refractivity contribution in [3.8, 4) is 0 Å². The van der Waals surface area contributed by atoms with Crippen molar-refractivity contribution < 1.29 is 20.0 Å². The zero-order valence-corrected chi connectivity index (χ0v) is 20.0. The highest BCUT2D eigenvalue weighted by atomic mass is 16.8. The third-order valence-electron chi connectivity index (χ3n) is 7.69. The number of amides is 3. The summed E-state index contributed by atoms with van der Waals surface area (Å²) in [7, 11) is 0. The Hall–Kier alpha value is -3.98. The number of aromatic nitrogens is 1. The second kappa shape index (κ2) is 8.03. The number of hydrogen-bond acceptors (Lipinski definition) is 4. The highest BCUT2D eigenvalue weighted by molar-refractivity contribution is 6.23. The number of anilines is 1. The van der Waals surface area contributed by atoms with Crippen LogP contribution in [-0.4, -0.2) is 33.6 Å². The predicted octanol–water partition coefficient (Wildman–Crippen LogP) is 3.96. The molecule has 0 aliphatic carbocycles. The zero-order chi connectivity index (χ0) is 25.2. The van der Waals surface area contributed by atoms with E-state index in [-0.39, 0.29) is 17.5 Å². The summed E-state index contributed by atoms with van der Waals surface area (Å²) in [5.41, 5.74) is 4.25. The number of quaternary nitrogens is 1. The van der Waals surface area contributed by atoms with Crippen LogP contribution < -0.4 is 10.1 Å². The van der Waals surface area contributed by atoms with Crippen molar-refractivity contribution in [3.05, 3.63) is 100 Å². The minimum Gasteiger partial charge on any atom is -0.595 e. The van der Waals surface area contributed by atoms with Crippen LogP contribution in [0, 0.1) is 5.21 Å². The summed E-state index contributed by atoms with van der Waals surface area (Å²) in [6.45, 7) is 4.26. The molecular formula is C28H26N4O4. The molecule has 3 amide bonds. The van der Waals surface area contributed by atoms with Gasteiger partial charge in [-0.25, -0.2) is 14.9 Å². The molecule has 3 unspecified atom stereocenters. The van der Waals surface area contributed by atoms with Gasteiger partial charge in [0, 0.05) is 35.5 Å². The smallest absolute Gasteiger partial charge is 0.332 e. The van der Waals surface area contributed by atoms with Gasteiger partial charge in [0.1, 0.15) is 0 Å². The molecule has 36 heavy (non-hydrogen) atoms. The van der Waals surface area contributed by atoms with E-state index in [2.05, 4.69) is 42.2 Å². The van der Waals surface area contributed by atoms with Crippen molar-refractivity contribution in [1.29, 1.82) is 0 Å². The van der Waals surface area contributed by atoms with Gasteiger partial charge in [-0.3, -0.25) is 4.79 Å². The molecule has 2 aliphatic heterocycles. The molecule has 0 saturated carbocycles. The van der Waals surface area contributed by atoms with Gasteiger partial charge < -0.3 is 15.1 Å². The summed E-state index contributed by atoms with van der Waals surface area (Å²) in [5, 5.41) is 20.5. The van der Waals surface area contributed by atoms with Crippen LogP contribution in [0.3, 0.4) is 0 Å². The van der Waals surface area contributed by atoms with Crippen molar-refractivity contribution in [2.75, 3.05) is 11.4 Å². The van der Waals surface area contributed by atoms with Crippen molar-refractivity contribution >= 4 is 34.2 Å². The Morgan fingerprint density at radius 3 is 2.42 bits per heavy atom. The molecule has 3 atom stereocenters. The Balaban J connectivity index is 1.51. The number of H-pyrrole nitrogens is 1. The maximum atomic E-state index is 14.0.